The van der Waals surface area contributed by atoms with Crippen LogP contribution in [0.25, 0.3) is 11.2 Å². The van der Waals surface area contributed by atoms with Crippen LogP contribution in [0, 0.1) is 0 Å². The van der Waals surface area contributed by atoms with E-state index in [1.54, 1.807) is 0 Å². The van der Waals surface area contributed by atoms with Gasteiger partial charge in [-0.25, -0.2) is 9.55 Å². The molecule has 0 bridgehead atoms. The maximum Gasteiger partial charge on any atom is 0.472 e. The molecular weight excluding hydrogens is 501 g/mol. The third kappa shape index (κ3) is 7.44. The lowest BCUT2D eigenvalue weighted by atomic mass is 10.1. The summed E-state index contributed by atoms with van der Waals surface area (Å²) in [4.78, 5) is 55.1. The quantitative estimate of drug-likeness (QED) is 0.131. The number of fused-ring (bicyclic) bond motifs is 1. The molecular formula is C20H24N5O10P. The number of anilines is 1. The van der Waals surface area contributed by atoms with E-state index in [1.165, 1.54) is 49.2 Å². The fraction of sp³-hybridized carbons (Fsp3) is 0.350. The molecule has 2 heterocycles. The van der Waals surface area contributed by atoms with Crippen molar-refractivity contribution in [3.05, 3.63) is 46.5 Å². The number of methoxy groups -OCH3 is 1. The summed E-state index contributed by atoms with van der Waals surface area (Å²) in [6.07, 6.45) is -0.235. The Morgan fingerprint density at radius 2 is 1.97 bits per heavy atom. The molecule has 4 N–H and O–H groups in total. The zero-order valence-corrected chi connectivity index (χ0v) is 20.2. The predicted octanol–water partition coefficient (Wildman–Crippen LogP) is 1.04. The Hall–Kier alpha value is -3.62. The number of aromatic amines is 1. The SMILES string of the molecule is COC(=O)CC(OP(=O)(O)OCCOCn1cnc2c(=O)[nH]c(N)nc21)c1ccc(OC(C)=O)cc1. The number of hydrogen-bond acceptors (Lipinski definition) is 12. The fourth-order valence-corrected chi connectivity index (χ4v) is 3.88. The second kappa shape index (κ2) is 11.9. The van der Waals surface area contributed by atoms with Crippen LogP contribution in [0.3, 0.4) is 0 Å². The van der Waals surface area contributed by atoms with Crippen LogP contribution in [-0.2, 0) is 39.4 Å². The van der Waals surface area contributed by atoms with Crippen molar-refractivity contribution in [2.75, 3.05) is 26.1 Å². The number of H-pyrrole nitrogens is 1. The summed E-state index contributed by atoms with van der Waals surface area (Å²) in [6.45, 7) is 0.676. The van der Waals surface area contributed by atoms with Crippen LogP contribution in [0.1, 0.15) is 25.0 Å². The normalized spacial score (nSPS) is 13.8. The number of nitrogen functional groups attached to an aromatic ring is 1. The van der Waals surface area contributed by atoms with Gasteiger partial charge in [-0.15, -0.1) is 0 Å². The minimum atomic E-state index is -4.63. The number of hydrogen-bond donors (Lipinski definition) is 3. The van der Waals surface area contributed by atoms with E-state index < -0.39 is 31.4 Å². The number of phosphoric acid groups is 1. The summed E-state index contributed by atoms with van der Waals surface area (Å²) in [6, 6.07) is 5.82. The minimum absolute atomic E-state index is 0.0786. The first-order chi connectivity index (χ1) is 17.1. The van der Waals surface area contributed by atoms with E-state index in [4.69, 9.17) is 24.3 Å². The smallest absolute Gasteiger partial charge is 0.469 e. The van der Waals surface area contributed by atoms with Crippen LogP contribution in [0.5, 0.6) is 5.75 Å². The Kier molecular flexibility index (Phi) is 8.90. The molecule has 0 saturated carbocycles. The van der Waals surface area contributed by atoms with Gasteiger partial charge < -0.3 is 24.8 Å². The highest BCUT2D eigenvalue weighted by atomic mass is 31.2. The Balaban J connectivity index is 1.56. The molecule has 0 fully saturated rings. The van der Waals surface area contributed by atoms with Crippen LogP contribution in [0.15, 0.2) is 35.4 Å². The van der Waals surface area contributed by atoms with Gasteiger partial charge >= 0.3 is 19.8 Å². The van der Waals surface area contributed by atoms with Crippen molar-refractivity contribution >= 4 is 36.9 Å². The average molecular weight is 525 g/mol. The van der Waals surface area contributed by atoms with E-state index >= 15 is 0 Å². The van der Waals surface area contributed by atoms with Crippen LogP contribution in [0.4, 0.5) is 5.95 Å². The predicted molar refractivity (Wildman–Crippen MR) is 123 cm³/mol. The Bertz CT molecular complexity index is 1320. The molecule has 3 aromatic rings. The lowest BCUT2D eigenvalue weighted by Crippen LogP contribution is -2.14. The highest BCUT2D eigenvalue weighted by Gasteiger charge is 2.29. The van der Waals surface area contributed by atoms with Crippen molar-refractivity contribution in [2.24, 2.45) is 0 Å². The van der Waals surface area contributed by atoms with Gasteiger partial charge in [0.15, 0.2) is 11.2 Å². The lowest BCUT2D eigenvalue weighted by molar-refractivity contribution is -0.142. The number of imidazole rings is 1. The molecule has 0 amide bonds. The first kappa shape index (κ1) is 27.0. The van der Waals surface area contributed by atoms with E-state index in [2.05, 4.69) is 19.7 Å². The van der Waals surface area contributed by atoms with Crippen molar-refractivity contribution in [3.8, 4) is 5.75 Å². The molecule has 0 aliphatic heterocycles. The molecule has 2 aromatic heterocycles. The molecule has 1 aromatic carbocycles. The monoisotopic (exact) mass is 525 g/mol. The average Bonchev–Trinajstić information content (AvgIpc) is 3.21. The number of nitrogens with zero attached hydrogens (tertiary/aromatic N) is 3. The lowest BCUT2D eigenvalue weighted by Gasteiger charge is -2.20. The van der Waals surface area contributed by atoms with Gasteiger partial charge in [-0.1, -0.05) is 12.1 Å². The third-order valence-corrected chi connectivity index (χ3v) is 5.59. The Labute approximate surface area is 203 Å². The summed E-state index contributed by atoms with van der Waals surface area (Å²) in [7, 11) is -3.47. The number of ether oxygens (including phenoxy) is 3. The van der Waals surface area contributed by atoms with Crippen molar-refractivity contribution in [2.45, 2.75) is 26.2 Å². The van der Waals surface area contributed by atoms with Gasteiger partial charge in [0, 0.05) is 6.92 Å². The molecule has 2 atom stereocenters. The molecule has 0 saturated heterocycles. The summed E-state index contributed by atoms with van der Waals surface area (Å²) in [5.41, 5.74) is 5.67. The number of esters is 2. The molecule has 0 aliphatic carbocycles. The number of nitrogens with one attached hydrogen (secondary N) is 1. The Morgan fingerprint density at radius 3 is 2.64 bits per heavy atom. The molecule has 15 nitrogen and oxygen atoms in total. The highest BCUT2D eigenvalue weighted by Crippen LogP contribution is 2.48. The molecule has 2 unspecified atom stereocenters. The van der Waals surface area contributed by atoms with Gasteiger partial charge in [-0.05, 0) is 17.7 Å². The number of carbonyl (C=O) groups excluding carboxylic acids is 2. The molecule has 0 aliphatic rings. The first-order valence-corrected chi connectivity index (χ1v) is 11.9. The van der Waals surface area contributed by atoms with Gasteiger partial charge in [0.25, 0.3) is 5.56 Å². The van der Waals surface area contributed by atoms with Gasteiger partial charge in [-0.2, -0.15) is 4.98 Å². The van der Waals surface area contributed by atoms with E-state index in [1.807, 2.05) is 0 Å². The molecule has 3 rings (SSSR count). The van der Waals surface area contributed by atoms with Gasteiger partial charge in [0.2, 0.25) is 5.95 Å². The molecule has 194 valence electrons. The zero-order valence-electron chi connectivity index (χ0n) is 19.3. The van der Waals surface area contributed by atoms with E-state index in [0.717, 1.165) is 0 Å². The van der Waals surface area contributed by atoms with Crippen LogP contribution in [0.2, 0.25) is 0 Å². The zero-order chi connectivity index (χ0) is 26.3. The number of aromatic nitrogens is 4. The first-order valence-electron chi connectivity index (χ1n) is 10.4. The largest absolute Gasteiger partial charge is 0.472 e. The van der Waals surface area contributed by atoms with Crippen LogP contribution < -0.4 is 16.0 Å². The molecule has 16 heteroatoms. The van der Waals surface area contributed by atoms with Crippen LogP contribution >= 0.6 is 7.82 Å². The van der Waals surface area contributed by atoms with E-state index in [-0.39, 0.29) is 49.2 Å². The molecule has 36 heavy (non-hydrogen) atoms. The maximum absolute atomic E-state index is 12.5. The van der Waals surface area contributed by atoms with Crippen LogP contribution in [-0.4, -0.2) is 56.7 Å². The van der Waals surface area contributed by atoms with Crippen molar-refractivity contribution in [1.82, 2.24) is 19.5 Å². The summed E-state index contributed by atoms with van der Waals surface area (Å²) >= 11 is 0. The minimum Gasteiger partial charge on any atom is -0.469 e. The highest BCUT2D eigenvalue weighted by molar-refractivity contribution is 7.47. The second-order valence-electron chi connectivity index (χ2n) is 7.21. The standard InChI is InChI=1S/C20H24N5O10P/c1-12(26)34-14-5-3-13(4-6-14)15(9-16(27)31-2)35-36(29,30)33-8-7-32-11-25-10-22-17-18(25)23-20(21)24-19(17)28/h3-6,10,15H,7-9,11H2,1-2H3,(H,29,30)(H3,21,23,24,28). The number of rotatable bonds is 12. The second-order valence-corrected chi connectivity index (χ2v) is 8.62. The van der Waals surface area contributed by atoms with Gasteiger partial charge in [-0.3, -0.25) is 33.0 Å². The van der Waals surface area contributed by atoms with Crippen molar-refractivity contribution in [3.63, 3.8) is 0 Å². The van der Waals surface area contributed by atoms with Crippen molar-refractivity contribution in [1.29, 1.82) is 0 Å². The Morgan fingerprint density at radius 1 is 1.25 bits per heavy atom. The van der Waals surface area contributed by atoms with E-state index in [9.17, 15) is 23.8 Å². The van der Waals surface area contributed by atoms with Gasteiger partial charge in [0.05, 0.1) is 33.1 Å². The number of nitrogens with two attached hydrogens (primary N) is 1. The van der Waals surface area contributed by atoms with E-state index in [0.29, 0.717) is 5.56 Å². The van der Waals surface area contributed by atoms with Crippen molar-refractivity contribution < 1.29 is 42.3 Å². The number of phosphoric ester groups is 1. The van der Waals surface area contributed by atoms with Gasteiger partial charge in [0.1, 0.15) is 18.6 Å². The topological polar surface area (TPSA) is 207 Å². The number of carbonyl (C=O) groups is 2. The summed E-state index contributed by atoms with van der Waals surface area (Å²) in [5.74, 6) is -1.04. The summed E-state index contributed by atoms with van der Waals surface area (Å²) < 4.78 is 39.0. The third-order valence-electron chi connectivity index (χ3n) is 4.56. The molecule has 0 spiro atoms. The maximum atomic E-state index is 12.5. The summed E-state index contributed by atoms with van der Waals surface area (Å²) in [5, 5.41) is 0. The number of benzene rings is 1. The fourth-order valence-electron chi connectivity index (χ4n) is 3.00. The molecule has 0 radical (unpaired) electrons.